The average molecular weight is 650 g/mol. The van der Waals surface area contributed by atoms with E-state index in [1.165, 1.54) is 9.78 Å². The van der Waals surface area contributed by atoms with Crippen LogP contribution in [0.3, 0.4) is 0 Å². The van der Waals surface area contributed by atoms with Gasteiger partial charge in [0.15, 0.2) is 6.29 Å². The van der Waals surface area contributed by atoms with E-state index < -0.39 is 18.5 Å². The van der Waals surface area contributed by atoms with Crippen LogP contribution >= 0.6 is 11.3 Å². The minimum atomic E-state index is -0.960. The van der Waals surface area contributed by atoms with Crippen molar-refractivity contribution in [1.82, 2.24) is 4.90 Å². The summed E-state index contributed by atoms with van der Waals surface area (Å²) in [6.45, 7) is 3.08. The molecule has 1 saturated heterocycles. The Morgan fingerprint density at radius 1 is 0.978 bits per heavy atom. The van der Waals surface area contributed by atoms with Gasteiger partial charge in [0.25, 0.3) is 0 Å². The molecule has 1 amide bonds. The number of ether oxygens (including phenoxy) is 6. The van der Waals surface area contributed by atoms with Crippen LogP contribution in [0.5, 0.6) is 5.75 Å². The zero-order valence-corrected chi connectivity index (χ0v) is 27.2. The second kappa shape index (κ2) is 17.4. The topological polar surface area (TPSA) is 95.9 Å². The van der Waals surface area contributed by atoms with Gasteiger partial charge < -0.3 is 38.4 Å². The molecule has 1 aromatic heterocycles. The highest BCUT2D eigenvalue weighted by Gasteiger charge is 2.35. The molecular formula is C36H43NO8S. The molecule has 4 atom stereocenters. The fourth-order valence-corrected chi connectivity index (χ4v) is 6.27. The Kier molecular flexibility index (Phi) is 12.8. The molecule has 1 unspecified atom stereocenters. The lowest BCUT2D eigenvalue weighted by atomic mass is 9.87. The van der Waals surface area contributed by atoms with Crippen LogP contribution in [0.4, 0.5) is 4.79 Å². The Balaban J connectivity index is 1.27. The van der Waals surface area contributed by atoms with E-state index >= 15 is 0 Å². The van der Waals surface area contributed by atoms with E-state index in [0.29, 0.717) is 39.4 Å². The summed E-state index contributed by atoms with van der Waals surface area (Å²) in [6.07, 6.45) is -1.02. The van der Waals surface area contributed by atoms with Gasteiger partial charge in [-0.05, 0) is 52.4 Å². The minimum Gasteiger partial charge on any atom is -0.494 e. The third-order valence-corrected chi connectivity index (χ3v) is 8.98. The molecule has 0 radical (unpaired) electrons. The molecule has 2 heterocycles. The molecule has 5 rings (SSSR count). The largest absolute Gasteiger partial charge is 0.494 e. The molecule has 3 aromatic carbocycles. The van der Waals surface area contributed by atoms with E-state index in [1.54, 1.807) is 25.6 Å². The lowest BCUT2D eigenvalue weighted by Gasteiger charge is -2.39. The van der Waals surface area contributed by atoms with E-state index in [4.69, 9.17) is 28.4 Å². The Hall–Kier alpha value is -3.51. The molecular weight excluding hydrogens is 606 g/mol. The van der Waals surface area contributed by atoms with Crippen LogP contribution in [0, 0.1) is 0 Å². The number of benzene rings is 3. The van der Waals surface area contributed by atoms with Gasteiger partial charge in [0, 0.05) is 43.5 Å². The second-order valence-corrected chi connectivity index (χ2v) is 12.3. The number of nitrogens with zero attached hydrogens (tertiary/aromatic N) is 1. The molecule has 1 aliphatic rings. The first-order valence-electron chi connectivity index (χ1n) is 15.6. The van der Waals surface area contributed by atoms with Crippen molar-refractivity contribution in [2.75, 3.05) is 53.7 Å². The molecule has 1 fully saturated rings. The third-order valence-electron chi connectivity index (χ3n) is 8.13. The first-order chi connectivity index (χ1) is 22.5. The molecule has 1 aliphatic heterocycles. The van der Waals surface area contributed by atoms with Crippen LogP contribution in [0.15, 0.2) is 84.2 Å². The standard InChI is InChI=1S/C36H43NO8S/c1-40-23-31(41-2)24-44-35(29-11-10-26-7-3-4-8-28(26)21-29)45-34-22-37(36(38)39)17-16-33(34)27-12-14-30(15-13-27)43-19-6-18-42-25-32-9-5-20-46-32/h3-5,7-15,20-21,31,33-35H,6,16-19,22-25H2,1-2H3,(H,38,39)/t31-,33+,34-,35?/m0/s1. The van der Waals surface area contributed by atoms with Crippen LogP contribution in [-0.2, 0) is 30.3 Å². The first kappa shape index (κ1) is 33.8. The van der Waals surface area contributed by atoms with E-state index in [1.807, 2.05) is 60.0 Å². The molecule has 4 aromatic rings. The molecule has 9 nitrogen and oxygen atoms in total. The van der Waals surface area contributed by atoms with Crippen molar-refractivity contribution >= 4 is 28.2 Å². The predicted molar refractivity (Wildman–Crippen MR) is 178 cm³/mol. The average Bonchev–Trinajstić information content (AvgIpc) is 3.61. The number of rotatable bonds is 17. The molecule has 0 spiro atoms. The number of carboxylic acid groups (broad SMARTS) is 1. The lowest BCUT2D eigenvalue weighted by molar-refractivity contribution is -0.202. The summed E-state index contributed by atoms with van der Waals surface area (Å²) in [7, 11) is 3.24. The second-order valence-electron chi connectivity index (χ2n) is 11.3. The Morgan fingerprint density at radius 2 is 1.80 bits per heavy atom. The van der Waals surface area contributed by atoms with Gasteiger partial charge in [0.1, 0.15) is 11.9 Å². The maximum Gasteiger partial charge on any atom is 0.407 e. The van der Waals surface area contributed by atoms with Gasteiger partial charge in [-0.25, -0.2) is 4.79 Å². The number of fused-ring (bicyclic) bond motifs is 1. The van der Waals surface area contributed by atoms with Crippen LogP contribution in [0.2, 0.25) is 0 Å². The quantitative estimate of drug-likeness (QED) is 0.0955. The summed E-state index contributed by atoms with van der Waals surface area (Å²) in [6, 6.07) is 26.3. The monoisotopic (exact) mass is 649 g/mol. The number of piperidine rings is 1. The van der Waals surface area contributed by atoms with Gasteiger partial charge in [0.05, 0.1) is 45.7 Å². The summed E-state index contributed by atoms with van der Waals surface area (Å²) < 4.78 is 35.6. The Morgan fingerprint density at radius 3 is 2.54 bits per heavy atom. The van der Waals surface area contributed by atoms with Crippen LogP contribution in [0.25, 0.3) is 10.8 Å². The highest BCUT2D eigenvalue weighted by Crippen LogP contribution is 2.36. The van der Waals surface area contributed by atoms with Crippen molar-refractivity contribution < 1.29 is 38.3 Å². The SMILES string of the molecule is COC[C@@H](COC(O[C@H]1CN(C(=O)O)CC[C@@H]1c1ccc(OCCCOCc2cccs2)cc1)c1ccc2ccccc2c1)OC. The Bertz CT molecular complexity index is 1480. The summed E-state index contributed by atoms with van der Waals surface area (Å²) in [5.74, 6) is 0.739. The number of thiophene rings is 1. The van der Waals surface area contributed by atoms with Crippen LogP contribution < -0.4 is 4.74 Å². The Labute approximate surface area is 274 Å². The lowest BCUT2D eigenvalue weighted by Crippen LogP contribution is -2.47. The molecule has 0 saturated carbocycles. The highest BCUT2D eigenvalue weighted by atomic mass is 32.1. The van der Waals surface area contributed by atoms with Crippen molar-refractivity contribution in [3.8, 4) is 5.75 Å². The van der Waals surface area contributed by atoms with Gasteiger partial charge in [0.2, 0.25) is 0 Å². The molecule has 246 valence electrons. The smallest absolute Gasteiger partial charge is 0.407 e. The molecule has 1 N–H and O–H groups in total. The van der Waals surface area contributed by atoms with Crippen LogP contribution in [-0.4, -0.2) is 82.0 Å². The normalized spacial score (nSPS) is 18.0. The molecule has 46 heavy (non-hydrogen) atoms. The minimum absolute atomic E-state index is 0.0425. The first-order valence-corrected chi connectivity index (χ1v) is 16.5. The van der Waals surface area contributed by atoms with Gasteiger partial charge in [-0.2, -0.15) is 0 Å². The van der Waals surface area contributed by atoms with Gasteiger partial charge >= 0.3 is 6.09 Å². The molecule has 0 aliphatic carbocycles. The van der Waals surface area contributed by atoms with Crippen molar-refractivity contribution in [2.24, 2.45) is 0 Å². The predicted octanol–water partition coefficient (Wildman–Crippen LogP) is 7.12. The fraction of sp³-hybridized carbons (Fsp3) is 0.417. The maximum absolute atomic E-state index is 12.0. The van der Waals surface area contributed by atoms with Gasteiger partial charge in [-0.1, -0.05) is 54.6 Å². The highest BCUT2D eigenvalue weighted by molar-refractivity contribution is 7.09. The van der Waals surface area contributed by atoms with E-state index in [2.05, 4.69) is 24.3 Å². The number of likely N-dealkylation sites (tertiary alicyclic amines) is 1. The number of hydrogen-bond acceptors (Lipinski definition) is 8. The van der Waals surface area contributed by atoms with E-state index in [-0.39, 0.29) is 25.2 Å². The number of methoxy groups -OCH3 is 2. The van der Waals surface area contributed by atoms with Crippen molar-refractivity contribution in [2.45, 2.75) is 43.9 Å². The van der Waals surface area contributed by atoms with Gasteiger partial charge in [-0.15, -0.1) is 11.3 Å². The number of hydrogen-bond donors (Lipinski definition) is 1. The summed E-state index contributed by atoms with van der Waals surface area (Å²) in [5.41, 5.74) is 1.91. The molecule has 10 heteroatoms. The summed E-state index contributed by atoms with van der Waals surface area (Å²) >= 11 is 1.69. The van der Waals surface area contributed by atoms with Crippen LogP contribution in [0.1, 0.15) is 41.1 Å². The van der Waals surface area contributed by atoms with Crippen molar-refractivity contribution in [3.63, 3.8) is 0 Å². The van der Waals surface area contributed by atoms with Crippen molar-refractivity contribution in [1.29, 1.82) is 0 Å². The zero-order chi connectivity index (χ0) is 32.1. The fourth-order valence-electron chi connectivity index (χ4n) is 5.63. The van der Waals surface area contributed by atoms with Crippen molar-refractivity contribution in [3.05, 3.63) is 100 Å². The number of carbonyl (C=O) groups is 1. The third kappa shape index (κ3) is 9.51. The maximum atomic E-state index is 12.0. The number of amides is 1. The van der Waals surface area contributed by atoms with E-state index in [0.717, 1.165) is 34.1 Å². The molecule has 0 bridgehead atoms. The van der Waals surface area contributed by atoms with Gasteiger partial charge in [-0.3, -0.25) is 0 Å². The summed E-state index contributed by atoms with van der Waals surface area (Å²) in [4.78, 5) is 14.7. The summed E-state index contributed by atoms with van der Waals surface area (Å²) in [5, 5.41) is 14.1. The van der Waals surface area contributed by atoms with E-state index in [9.17, 15) is 9.90 Å². The zero-order valence-electron chi connectivity index (χ0n) is 26.4.